The lowest BCUT2D eigenvalue weighted by atomic mass is 9.88. The van der Waals surface area contributed by atoms with E-state index < -0.39 is 5.92 Å². The topological polar surface area (TPSA) is 34.1 Å². The van der Waals surface area contributed by atoms with E-state index in [0.29, 0.717) is 16.7 Å². The summed E-state index contributed by atoms with van der Waals surface area (Å²) in [4.78, 5) is 25.1. The van der Waals surface area contributed by atoms with Gasteiger partial charge < -0.3 is 0 Å². The first-order chi connectivity index (χ1) is 10.3. The molecule has 0 aliphatic heterocycles. The van der Waals surface area contributed by atoms with Crippen molar-refractivity contribution in [2.24, 2.45) is 5.92 Å². The Bertz CT molecular complexity index is 725. The molecule has 0 radical (unpaired) electrons. The maximum Gasteiger partial charge on any atom is 0.190 e. The Morgan fingerprint density at radius 2 is 1.33 bits per heavy atom. The molecule has 2 aromatic carbocycles. The Hall–Kier alpha value is -2.74. The summed E-state index contributed by atoms with van der Waals surface area (Å²) in [7, 11) is 0. The highest BCUT2D eigenvalue weighted by molar-refractivity contribution is 6.15. The molecule has 1 aliphatic rings. The van der Waals surface area contributed by atoms with Crippen LogP contribution in [0.3, 0.4) is 0 Å². The van der Waals surface area contributed by atoms with Gasteiger partial charge in [-0.05, 0) is 0 Å². The Balaban J connectivity index is 1.88. The lowest BCUT2D eigenvalue weighted by Crippen LogP contribution is -2.18. The second-order valence-corrected chi connectivity index (χ2v) is 4.91. The molecule has 1 aliphatic carbocycles. The summed E-state index contributed by atoms with van der Waals surface area (Å²) in [5, 5.41) is 0. The molecule has 102 valence electrons. The van der Waals surface area contributed by atoms with Crippen molar-refractivity contribution < 1.29 is 9.59 Å². The van der Waals surface area contributed by atoms with Crippen molar-refractivity contribution >= 4 is 11.6 Å². The molecule has 0 heterocycles. The molecule has 0 spiro atoms. The van der Waals surface area contributed by atoms with Crippen LogP contribution in [0.25, 0.3) is 0 Å². The number of rotatable bonds is 4. The number of ketones is 2. The number of hydrogen-bond acceptors (Lipinski definition) is 2. The lowest BCUT2D eigenvalue weighted by molar-refractivity contribution is 0.0930. The first-order valence-electron chi connectivity index (χ1n) is 6.85. The fourth-order valence-electron chi connectivity index (χ4n) is 2.46. The zero-order valence-electron chi connectivity index (χ0n) is 11.4. The zero-order chi connectivity index (χ0) is 14.7. The number of allylic oxidation sites excluding steroid dienone is 4. The standard InChI is InChI=1S/C19H14O2/c20-18(14-8-3-1-4-9-14)16-12-7-13-17(16)19(21)15-10-5-2-6-11-15/h1-13,16H/t16-/m0/s1. The average molecular weight is 274 g/mol. The van der Waals surface area contributed by atoms with Crippen LogP contribution < -0.4 is 0 Å². The Morgan fingerprint density at radius 3 is 1.95 bits per heavy atom. The molecule has 2 aromatic rings. The van der Waals surface area contributed by atoms with E-state index in [0.717, 1.165) is 0 Å². The number of carbonyl (C=O) groups excluding carboxylic acids is 2. The van der Waals surface area contributed by atoms with Gasteiger partial charge in [0.25, 0.3) is 0 Å². The zero-order valence-corrected chi connectivity index (χ0v) is 11.4. The molecule has 0 saturated heterocycles. The molecule has 0 N–H and O–H groups in total. The van der Waals surface area contributed by atoms with E-state index in [1.807, 2.05) is 36.4 Å². The van der Waals surface area contributed by atoms with Crippen LogP contribution >= 0.6 is 0 Å². The smallest absolute Gasteiger partial charge is 0.190 e. The lowest BCUT2D eigenvalue weighted by Gasteiger charge is -2.12. The molecule has 0 amide bonds. The molecule has 2 nitrogen and oxygen atoms in total. The Labute approximate surface area is 123 Å². The van der Waals surface area contributed by atoms with Crippen LogP contribution in [0.2, 0.25) is 0 Å². The summed E-state index contributed by atoms with van der Waals surface area (Å²) in [5.74, 6) is -0.616. The molecule has 0 saturated carbocycles. The molecule has 2 heteroatoms. The first kappa shape index (κ1) is 13.3. The number of carbonyl (C=O) groups is 2. The Morgan fingerprint density at radius 1 is 0.762 bits per heavy atom. The monoisotopic (exact) mass is 274 g/mol. The highest BCUT2D eigenvalue weighted by Gasteiger charge is 2.28. The molecule has 0 fully saturated rings. The van der Waals surface area contributed by atoms with Crippen LogP contribution in [0.5, 0.6) is 0 Å². The molecular formula is C19H14O2. The minimum atomic E-state index is -0.486. The largest absolute Gasteiger partial charge is 0.293 e. The van der Waals surface area contributed by atoms with Crippen molar-refractivity contribution in [2.75, 3.05) is 0 Å². The van der Waals surface area contributed by atoms with Gasteiger partial charge in [-0.25, -0.2) is 0 Å². The average Bonchev–Trinajstić information content (AvgIpc) is 3.04. The summed E-state index contributed by atoms with van der Waals surface area (Å²) < 4.78 is 0. The van der Waals surface area contributed by atoms with E-state index >= 15 is 0 Å². The van der Waals surface area contributed by atoms with Crippen LogP contribution in [0.15, 0.2) is 84.5 Å². The normalized spacial score (nSPS) is 16.6. The van der Waals surface area contributed by atoms with E-state index in [4.69, 9.17) is 0 Å². The third kappa shape index (κ3) is 2.61. The predicted molar refractivity (Wildman–Crippen MR) is 82.3 cm³/mol. The third-order valence-electron chi connectivity index (χ3n) is 3.55. The summed E-state index contributed by atoms with van der Waals surface area (Å²) >= 11 is 0. The number of hydrogen-bond donors (Lipinski definition) is 0. The van der Waals surface area contributed by atoms with Gasteiger partial charge in [0.1, 0.15) is 0 Å². The molecule has 3 rings (SSSR count). The van der Waals surface area contributed by atoms with Crippen molar-refractivity contribution in [3.05, 3.63) is 95.6 Å². The summed E-state index contributed by atoms with van der Waals surface area (Å²) in [6, 6.07) is 18.1. The van der Waals surface area contributed by atoms with Crippen molar-refractivity contribution in [1.82, 2.24) is 0 Å². The number of Topliss-reactive ketones (excluding diaryl/α,β-unsaturated/α-hetero) is 2. The molecule has 21 heavy (non-hydrogen) atoms. The molecule has 1 atom stereocenters. The predicted octanol–water partition coefficient (Wildman–Crippen LogP) is 3.86. The van der Waals surface area contributed by atoms with Crippen LogP contribution in [0.1, 0.15) is 20.7 Å². The van der Waals surface area contributed by atoms with E-state index in [2.05, 4.69) is 0 Å². The first-order valence-corrected chi connectivity index (χ1v) is 6.85. The van der Waals surface area contributed by atoms with Gasteiger partial charge in [0, 0.05) is 16.7 Å². The fraction of sp³-hybridized carbons (Fsp3) is 0.0526. The molecule has 0 unspecified atom stereocenters. The highest BCUT2D eigenvalue weighted by Crippen LogP contribution is 2.26. The molecule has 0 bridgehead atoms. The van der Waals surface area contributed by atoms with Crippen molar-refractivity contribution in [3.63, 3.8) is 0 Å². The second kappa shape index (κ2) is 5.71. The molecule has 0 aromatic heterocycles. The van der Waals surface area contributed by atoms with E-state index in [9.17, 15) is 9.59 Å². The quantitative estimate of drug-likeness (QED) is 0.793. The van der Waals surface area contributed by atoms with E-state index in [-0.39, 0.29) is 11.6 Å². The number of benzene rings is 2. The van der Waals surface area contributed by atoms with Gasteiger partial charge >= 0.3 is 0 Å². The minimum absolute atomic E-state index is 0.0418. The SMILES string of the molecule is O=C(C1=CC=C[C@@H]1C(=O)c1ccccc1)c1ccccc1. The highest BCUT2D eigenvalue weighted by atomic mass is 16.1. The fourth-order valence-corrected chi connectivity index (χ4v) is 2.46. The van der Waals surface area contributed by atoms with Gasteiger partial charge in [0.05, 0.1) is 5.92 Å². The minimum Gasteiger partial charge on any atom is -0.293 e. The van der Waals surface area contributed by atoms with Gasteiger partial charge in [-0.2, -0.15) is 0 Å². The van der Waals surface area contributed by atoms with Crippen LogP contribution in [-0.4, -0.2) is 11.6 Å². The van der Waals surface area contributed by atoms with Gasteiger partial charge in [-0.3, -0.25) is 9.59 Å². The third-order valence-corrected chi connectivity index (χ3v) is 3.55. The molecular weight excluding hydrogens is 260 g/mol. The van der Waals surface area contributed by atoms with Crippen LogP contribution in [-0.2, 0) is 0 Å². The second-order valence-electron chi connectivity index (χ2n) is 4.91. The Kier molecular flexibility index (Phi) is 3.61. The van der Waals surface area contributed by atoms with E-state index in [1.54, 1.807) is 42.5 Å². The van der Waals surface area contributed by atoms with Gasteiger partial charge in [0.2, 0.25) is 0 Å². The summed E-state index contributed by atoms with van der Waals surface area (Å²) in [6.07, 6.45) is 5.30. The van der Waals surface area contributed by atoms with Crippen LogP contribution in [0.4, 0.5) is 0 Å². The van der Waals surface area contributed by atoms with Gasteiger partial charge in [0.15, 0.2) is 11.6 Å². The van der Waals surface area contributed by atoms with Crippen LogP contribution in [0, 0.1) is 5.92 Å². The van der Waals surface area contributed by atoms with E-state index in [1.165, 1.54) is 0 Å². The van der Waals surface area contributed by atoms with Crippen molar-refractivity contribution in [2.45, 2.75) is 0 Å². The van der Waals surface area contributed by atoms with Crippen molar-refractivity contribution in [3.8, 4) is 0 Å². The van der Waals surface area contributed by atoms with Crippen molar-refractivity contribution in [1.29, 1.82) is 0 Å². The maximum atomic E-state index is 12.5. The summed E-state index contributed by atoms with van der Waals surface area (Å²) in [6.45, 7) is 0. The maximum absolute atomic E-state index is 12.5. The summed E-state index contributed by atoms with van der Waals surface area (Å²) in [5.41, 5.74) is 1.77. The van der Waals surface area contributed by atoms with Gasteiger partial charge in [-0.15, -0.1) is 0 Å². The van der Waals surface area contributed by atoms with Gasteiger partial charge in [-0.1, -0.05) is 78.9 Å².